The number of rotatable bonds is 3. The number of nitrogens with one attached hydrogen (secondary N) is 1. The number of aromatic nitrogens is 1. The zero-order valence-electron chi connectivity index (χ0n) is 16.2. The molecule has 2 amide bonds. The topological polar surface area (TPSA) is 67.6 Å². The van der Waals surface area contributed by atoms with Crippen molar-refractivity contribution in [3.05, 3.63) is 41.1 Å². The maximum Gasteiger partial charge on any atom is 0.324 e. The molecule has 0 unspecified atom stereocenters. The van der Waals surface area contributed by atoms with E-state index in [2.05, 4.69) is 28.7 Å². The van der Waals surface area contributed by atoms with Crippen LogP contribution in [0.2, 0.25) is 0 Å². The Hall–Kier alpha value is -2.50. The van der Waals surface area contributed by atoms with E-state index in [9.17, 15) is 4.79 Å². The molecule has 27 heavy (non-hydrogen) atoms. The van der Waals surface area contributed by atoms with E-state index in [-0.39, 0.29) is 6.03 Å². The summed E-state index contributed by atoms with van der Waals surface area (Å²) < 4.78 is 10.5. The van der Waals surface area contributed by atoms with Gasteiger partial charge in [-0.1, -0.05) is 17.3 Å². The van der Waals surface area contributed by atoms with E-state index in [1.165, 1.54) is 18.4 Å². The first-order valence-electron chi connectivity index (χ1n) is 9.62. The van der Waals surface area contributed by atoms with Crippen LogP contribution in [0.25, 0.3) is 0 Å². The summed E-state index contributed by atoms with van der Waals surface area (Å²) in [5, 5.41) is 6.75. The normalized spacial score (nSPS) is 19.0. The number of nitrogens with zero attached hydrogens (tertiary/aromatic N) is 2. The molecule has 2 aromatic rings. The van der Waals surface area contributed by atoms with Crippen molar-refractivity contribution >= 4 is 11.9 Å². The molecule has 4 rings (SSSR count). The Morgan fingerprint density at radius 3 is 2.67 bits per heavy atom. The summed E-state index contributed by atoms with van der Waals surface area (Å²) in [6.07, 6.45) is 4.54. The number of aryl methyl sites for hydroxylation is 1. The molecule has 1 saturated carbocycles. The fraction of sp³-hybridized carbons (Fsp3) is 0.524. The van der Waals surface area contributed by atoms with Crippen LogP contribution in [0.4, 0.5) is 10.7 Å². The maximum absolute atomic E-state index is 12.5. The zero-order valence-corrected chi connectivity index (χ0v) is 16.2. The average molecular weight is 369 g/mol. The quantitative estimate of drug-likeness (QED) is 0.865. The van der Waals surface area contributed by atoms with Gasteiger partial charge < -0.3 is 14.2 Å². The lowest BCUT2D eigenvalue weighted by Gasteiger charge is -2.52. The monoisotopic (exact) mass is 369 g/mol. The SMILES string of the molecule is COc1cccc(C2CC3(CCN(C(=O)Nc4onc(C)c4C)CC3)C2)c1. The molecule has 1 aromatic heterocycles. The number of anilines is 1. The van der Waals surface area contributed by atoms with Gasteiger partial charge in [-0.25, -0.2) is 4.79 Å². The Morgan fingerprint density at radius 1 is 1.30 bits per heavy atom. The highest BCUT2D eigenvalue weighted by Gasteiger charge is 2.46. The van der Waals surface area contributed by atoms with Crippen LogP contribution in [-0.2, 0) is 0 Å². The first-order chi connectivity index (χ1) is 13.0. The number of piperidine rings is 1. The van der Waals surface area contributed by atoms with E-state index in [0.29, 0.717) is 17.2 Å². The van der Waals surface area contributed by atoms with Gasteiger partial charge >= 0.3 is 6.03 Å². The van der Waals surface area contributed by atoms with Gasteiger partial charge in [-0.2, -0.15) is 0 Å². The molecule has 2 fully saturated rings. The second-order valence-corrected chi connectivity index (χ2v) is 8.02. The first kappa shape index (κ1) is 17.9. The van der Waals surface area contributed by atoms with Gasteiger partial charge in [0.2, 0.25) is 5.88 Å². The van der Waals surface area contributed by atoms with Crippen LogP contribution < -0.4 is 10.1 Å². The highest BCUT2D eigenvalue weighted by molar-refractivity contribution is 5.88. The molecule has 2 heterocycles. The van der Waals surface area contributed by atoms with Crippen molar-refractivity contribution in [3.63, 3.8) is 0 Å². The van der Waals surface area contributed by atoms with Crippen LogP contribution in [0.5, 0.6) is 5.75 Å². The third kappa shape index (κ3) is 3.40. The van der Waals surface area contributed by atoms with Gasteiger partial charge in [0.25, 0.3) is 0 Å². The van der Waals surface area contributed by atoms with E-state index in [4.69, 9.17) is 9.26 Å². The maximum atomic E-state index is 12.5. The van der Waals surface area contributed by atoms with Gasteiger partial charge in [0.1, 0.15) is 5.75 Å². The Balaban J connectivity index is 1.30. The van der Waals surface area contributed by atoms with Crippen LogP contribution in [0.1, 0.15) is 48.4 Å². The summed E-state index contributed by atoms with van der Waals surface area (Å²) in [4.78, 5) is 14.4. The smallest absolute Gasteiger partial charge is 0.324 e. The van der Waals surface area contributed by atoms with E-state index >= 15 is 0 Å². The first-order valence-corrected chi connectivity index (χ1v) is 9.62. The molecule has 1 aliphatic carbocycles. The van der Waals surface area contributed by atoms with Crippen molar-refractivity contribution in [3.8, 4) is 5.75 Å². The molecule has 0 radical (unpaired) electrons. The van der Waals surface area contributed by atoms with E-state index < -0.39 is 0 Å². The summed E-state index contributed by atoms with van der Waals surface area (Å²) in [7, 11) is 1.71. The molecule has 1 aliphatic heterocycles. The average Bonchev–Trinajstić information content (AvgIpc) is 2.98. The van der Waals surface area contributed by atoms with Crippen LogP contribution in [0.15, 0.2) is 28.8 Å². The number of amides is 2. The molecule has 1 N–H and O–H groups in total. The number of carbonyl (C=O) groups excluding carboxylic acids is 1. The minimum Gasteiger partial charge on any atom is -0.497 e. The number of likely N-dealkylation sites (tertiary alicyclic amines) is 1. The second kappa shape index (κ2) is 6.91. The number of benzene rings is 1. The van der Waals surface area contributed by atoms with Gasteiger partial charge in [-0.05, 0) is 68.6 Å². The van der Waals surface area contributed by atoms with Crippen molar-refractivity contribution in [1.29, 1.82) is 0 Å². The predicted octanol–water partition coefficient (Wildman–Crippen LogP) is 4.49. The Morgan fingerprint density at radius 2 is 2.04 bits per heavy atom. The third-order valence-corrected chi connectivity index (χ3v) is 6.41. The fourth-order valence-corrected chi connectivity index (χ4v) is 4.42. The molecular weight excluding hydrogens is 342 g/mol. The number of carbonyl (C=O) groups is 1. The molecule has 2 aliphatic rings. The lowest BCUT2D eigenvalue weighted by Crippen LogP contribution is -2.49. The van der Waals surface area contributed by atoms with Gasteiger partial charge in [0.05, 0.1) is 12.8 Å². The van der Waals surface area contributed by atoms with E-state index in [0.717, 1.165) is 42.9 Å². The largest absolute Gasteiger partial charge is 0.497 e. The van der Waals surface area contributed by atoms with Gasteiger partial charge in [-0.3, -0.25) is 5.32 Å². The molecule has 6 nitrogen and oxygen atoms in total. The molecule has 144 valence electrons. The zero-order chi connectivity index (χ0) is 19.0. The van der Waals surface area contributed by atoms with Crippen molar-refractivity contribution in [1.82, 2.24) is 10.1 Å². The van der Waals surface area contributed by atoms with Gasteiger partial charge in [-0.15, -0.1) is 0 Å². The fourth-order valence-electron chi connectivity index (χ4n) is 4.42. The summed E-state index contributed by atoms with van der Waals surface area (Å²) in [6, 6.07) is 8.32. The minimum atomic E-state index is -0.0900. The van der Waals surface area contributed by atoms with Crippen LogP contribution in [-0.4, -0.2) is 36.3 Å². The number of urea groups is 1. The van der Waals surface area contributed by atoms with E-state index in [1.54, 1.807) is 7.11 Å². The van der Waals surface area contributed by atoms with E-state index in [1.807, 2.05) is 24.8 Å². The highest BCUT2D eigenvalue weighted by atomic mass is 16.5. The van der Waals surface area contributed by atoms with Crippen molar-refractivity contribution in [2.45, 2.75) is 45.4 Å². The Labute approximate surface area is 159 Å². The minimum absolute atomic E-state index is 0.0900. The van der Waals surface area contributed by atoms with Gasteiger partial charge in [0.15, 0.2) is 0 Å². The Kier molecular flexibility index (Phi) is 4.58. The summed E-state index contributed by atoms with van der Waals surface area (Å²) >= 11 is 0. The van der Waals surface area contributed by atoms with Crippen LogP contribution in [0.3, 0.4) is 0 Å². The number of ether oxygens (including phenoxy) is 1. The molecule has 1 spiro atoms. The lowest BCUT2D eigenvalue weighted by atomic mass is 9.56. The van der Waals surface area contributed by atoms with Crippen LogP contribution in [0, 0.1) is 19.3 Å². The van der Waals surface area contributed by atoms with Crippen molar-refractivity contribution in [2.75, 3.05) is 25.5 Å². The molecular formula is C21H27N3O3. The molecule has 6 heteroatoms. The predicted molar refractivity (Wildman–Crippen MR) is 103 cm³/mol. The van der Waals surface area contributed by atoms with Crippen molar-refractivity contribution < 1.29 is 14.1 Å². The van der Waals surface area contributed by atoms with Crippen LogP contribution >= 0.6 is 0 Å². The summed E-state index contributed by atoms with van der Waals surface area (Å²) in [5.74, 6) is 2.00. The molecule has 0 atom stereocenters. The summed E-state index contributed by atoms with van der Waals surface area (Å²) in [5.41, 5.74) is 3.46. The molecule has 1 saturated heterocycles. The molecule has 1 aromatic carbocycles. The number of hydrogen-bond acceptors (Lipinski definition) is 4. The number of hydrogen-bond donors (Lipinski definition) is 1. The second-order valence-electron chi connectivity index (χ2n) is 8.02. The lowest BCUT2D eigenvalue weighted by molar-refractivity contribution is 0.0289. The highest BCUT2D eigenvalue weighted by Crippen LogP contribution is 2.56. The summed E-state index contributed by atoms with van der Waals surface area (Å²) in [6.45, 7) is 5.36. The standard InChI is InChI=1S/C21H27N3O3/c1-14-15(2)23-27-19(14)22-20(25)24-9-7-21(8-10-24)12-17(13-21)16-5-4-6-18(11-16)26-3/h4-6,11,17H,7-10,12-13H2,1-3H3,(H,22,25). The van der Waals surface area contributed by atoms with Crippen molar-refractivity contribution in [2.24, 2.45) is 5.41 Å². The number of methoxy groups -OCH3 is 1. The van der Waals surface area contributed by atoms with Gasteiger partial charge in [0, 0.05) is 18.7 Å². The Bertz CT molecular complexity index is 829. The third-order valence-electron chi connectivity index (χ3n) is 6.41. The molecule has 0 bridgehead atoms.